The van der Waals surface area contributed by atoms with E-state index in [9.17, 15) is 9.18 Å². The molecule has 4 nitrogen and oxygen atoms in total. The minimum atomic E-state index is -0.527. The Hall–Kier alpha value is -1.85. The molecule has 0 spiro atoms. The van der Waals surface area contributed by atoms with Gasteiger partial charge in [0.25, 0.3) is 5.91 Å². The number of hydrogen-bond donors (Lipinski definition) is 2. The molecule has 1 aromatic carbocycles. The van der Waals surface area contributed by atoms with Crippen LogP contribution >= 0.6 is 23.2 Å². The molecule has 0 saturated carbocycles. The van der Waals surface area contributed by atoms with Gasteiger partial charge >= 0.3 is 0 Å². The van der Waals surface area contributed by atoms with Crippen LogP contribution in [0.3, 0.4) is 0 Å². The number of benzene rings is 1. The van der Waals surface area contributed by atoms with E-state index in [2.05, 4.69) is 15.6 Å². The smallest absolute Gasteiger partial charge is 0.275 e. The molecule has 0 radical (unpaired) electrons. The molecule has 0 atom stereocenters. The number of nitrogens with one attached hydrogen (secondary N) is 2. The van der Waals surface area contributed by atoms with Crippen LogP contribution in [-0.4, -0.2) is 17.9 Å². The number of carbonyl (C=O) groups excluding carboxylic acids is 1. The summed E-state index contributed by atoms with van der Waals surface area (Å²) in [7, 11) is 1.68. The van der Waals surface area contributed by atoms with Crippen LogP contribution in [0, 0.1) is 5.82 Å². The number of pyridine rings is 1. The van der Waals surface area contributed by atoms with Crippen molar-refractivity contribution in [3.8, 4) is 0 Å². The van der Waals surface area contributed by atoms with Crippen molar-refractivity contribution in [3.05, 3.63) is 51.9 Å². The second-order valence-corrected chi connectivity index (χ2v) is 4.67. The Balaban J connectivity index is 2.28. The van der Waals surface area contributed by atoms with Crippen LogP contribution < -0.4 is 10.6 Å². The number of halogens is 3. The maximum absolute atomic E-state index is 12.9. The van der Waals surface area contributed by atoms with Gasteiger partial charge in [-0.05, 0) is 30.3 Å². The minimum Gasteiger partial charge on any atom is -0.373 e. The zero-order valence-corrected chi connectivity index (χ0v) is 11.9. The van der Waals surface area contributed by atoms with E-state index in [4.69, 9.17) is 23.2 Å². The number of aromatic nitrogens is 1. The molecular weight excluding hydrogens is 304 g/mol. The quantitative estimate of drug-likeness (QED) is 0.905. The van der Waals surface area contributed by atoms with E-state index in [1.807, 2.05) is 0 Å². The normalized spacial score (nSPS) is 10.2. The lowest BCUT2D eigenvalue weighted by atomic mass is 10.2. The highest BCUT2D eigenvalue weighted by atomic mass is 35.5. The summed E-state index contributed by atoms with van der Waals surface area (Å²) in [5.41, 5.74) is 0.338. The molecule has 0 unspecified atom stereocenters. The summed E-state index contributed by atoms with van der Waals surface area (Å²) in [6.45, 7) is 0. The van der Waals surface area contributed by atoms with Crippen molar-refractivity contribution < 1.29 is 9.18 Å². The fourth-order valence-electron chi connectivity index (χ4n) is 1.51. The fraction of sp³-hybridized carbons (Fsp3) is 0.0769. The van der Waals surface area contributed by atoms with Crippen molar-refractivity contribution in [1.29, 1.82) is 0 Å². The van der Waals surface area contributed by atoms with E-state index in [-0.39, 0.29) is 21.4 Å². The summed E-state index contributed by atoms with van der Waals surface area (Å²) in [6.07, 6.45) is 0. The molecule has 1 amide bonds. The Morgan fingerprint density at radius 1 is 1.20 bits per heavy atom. The van der Waals surface area contributed by atoms with Crippen molar-refractivity contribution in [2.24, 2.45) is 0 Å². The lowest BCUT2D eigenvalue weighted by Gasteiger charge is -2.09. The van der Waals surface area contributed by atoms with Gasteiger partial charge in [0.05, 0.1) is 15.7 Å². The van der Waals surface area contributed by atoms with E-state index in [1.165, 1.54) is 12.1 Å². The molecule has 104 valence electrons. The molecule has 2 aromatic rings. The molecule has 0 saturated heterocycles. The van der Waals surface area contributed by atoms with Gasteiger partial charge < -0.3 is 10.6 Å². The maximum Gasteiger partial charge on any atom is 0.275 e. The van der Waals surface area contributed by atoms with Crippen molar-refractivity contribution in [1.82, 2.24) is 4.98 Å². The second kappa shape index (κ2) is 6.07. The van der Waals surface area contributed by atoms with E-state index >= 15 is 0 Å². The Morgan fingerprint density at radius 2 is 1.95 bits per heavy atom. The Bertz CT molecular complexity index is 664. The predicted molar refractivity (Wildman–Crippen MR) is 78.2 cm³/mol. The van der Waals surface area contributed by atoms with Gasteiger partial charge in [0.15, 0.2) is 0 Å². The lowest BCUT2D eigenvalue weighted by Crippen LogP contribution is -2.15. The van der Waals surface area contributed by atoms with E-state index < -0.39 is 11.7 Å². The molecule has 2 rings (SSSR count). The summed E-state index contributed by atoms with van der Waals surface area (Å²) in [6, 6.07) is 6.87. The summed E-state index contributed by atoms with van der Waals surface area (Å²) in [5, 5.41) is 5.64. The number of amides is 1. The van der Waals surface area contributed by atoms with Crippen LogP contribution in [0.25, 0.3) is 0 Å². The molecule has 0 aliphatic carbocycles. The van der Waals surface area contributed by atoms with Crippen LogP contribution in [0.1, 0.15) is 10.5 Å². The van der Waals surface area contributed by atoms with E-state index in [0.29, 0.717) is 5.82 Å². The second-order valence-electron chi connectivity index (χ2n) is 3.86. The summed E-state index contributed by atoms with van der Waals surface area (Å²) in [5.74, 6) is -0.508. The van der Waals surface area contributed by atoms with Crippen LogP contribution in [-0.2, 0) is 0 Å². The van der Waals surface area contributed by atoms with Gasteiger partial charge in [-0.25, -0.2) is 9.37 Å². The van der Waals surface area contributed by atoms with Crippen molar-refractivity contribution >= 4 is 40.6 Å². The van der Waals surface area contributed by atoms with Crippen LogP contribution in [0.2, 0.25) is 10.0 Å². The van der Waals surface area contributed by atoms with Gasteiger partial charge in [0.2, 0.25) is 0 Å². The number of nitrogens with zero attached hydrogens (tertiary/aromatic N) is 1. The standard InChI is InChI=1S/C13H10Cl2FN3O/c1-17-11-5-3-8(14)12(19-11)13(20)18-10-4-2-7(16)6-9(10)15/h2-6H,1H3,(H,17,19)(H,18,20). The Kier molecular flexibility index (Phi) is 4.42. The monoisotopic (exact) mass is 313 g/mol. The van der Waals surface area contributed by atoms with Gasteiger partial charge in [-0.15, -0.1) is 0 Å². The highest BCUT2D eigenvalue weighted by Crippen LogP contribution is 2.24. The van der Waals surface area contributed by atoms with Gasteiger partial charge in [-0.3, -0.25) is 4.79 Å². The zero-order chi connectivity index (χ0) is 14.7. The molecule has 7 heteroatoms. The molecular formula is C13H10Cl2FN3O. The molecule has 1 aromatic heterocycles. The van der Waals surface area contributed by atoms with E-state index in [1.54, 1.807) is 19.2 Å². The first-order chi connectivity index (χ1) is 9.51. The first-order valence-corrected chi connectivity index (χ1v) is 6.37. The Labute approximate surface area is 124 Å². The zero-order valence-electron chi connectivity index (χ0n) is 10.4. The SMILES string of the molecule is CNc1ccc(Cl)c(C(=O)Nc2ccc(F)cc2Cl)n1. The Morgan fingerprint density at radius 3 is 2.60 bits per heavy atom. The number of hydrogen-bond acceptors (Lipinski definition) is 3. The highest BCUT2D eigenvalue weighted by molar-refractivity contribution is 6.35. The van der Waals surface area contributed by atoms with Crippen molar-refractivity contribution in [2.45, 2.75) is 0 Å². The first kappa shape index (κ1) is 14.6. The van der Waals surface area contributed by atoms with Crippen LogP contribution in [0.4, 0.5) is 15.9 Å². The molecule has 0 bridgehead atoms. The third-order valence-electron chi connectivity index (χ3n) is 2.50. The molecule has 1 heterocycles. The number of carbonyl (C=O) groups is 1. The fourth-order valence-corrected chi connectivity index (χ4v) is 1.92. The van der Waals surface area contributed by atoms with Crippen molar-refractivity contribution in [3.63, 3.8) is 0 Å². The molecule has 0 aliphatic rings. The van der Waals surface area contributed by atoms with Gasteiger partial charge in [-0.1, -0.05) is 23.2 Å². The molecule has 20 heavy (non-hydrogen) atoms. The molecule has 0 fully saturated rings. The van der Waals surface area contributed by atoms with E-state index in [0.717, 1.165) is 6.07 Å². The minimum absolute atomic E-state index is 0.0545. The van der Waals surface area contributed by atoms with Gasteiger partial charge in [0, 0.05) is 7.05 Å². The summed E-state index contributed by atoms with van der Waals surface area (Å²) >= 11 is 11.8. The number of rotatable bonds is 3. The topological polar surface area (TPSA) is 54.0 Å². The molecule has 2 N–H and O–H groups in total. The average Bonchev–Trinajstić information content (AvgIpc) is 2.42. The third-order valence-corrected chi connectivity index (χ3v) is 3.11. The summed E-state index contributed by atoms with van der Waals surface area (Å²) < 4.78 is 12.9. The molecule has 0 aliphatic heterocycles. The maximum atomic E-state index is 12.9. The van der Waals surface area contributed by atoms with Crippen LogP contribution in [0.15, 0.2) is 30.3 Å². The predicted octanol–water partition coefficient (Wildman–Crippen LogP) is 3.82. The van der Waals surface area contributed by atoms with Gasteiger partial charge in [-0.2, -0.15) is 0 Å². The average molecular weight is 314 g/mol. The third kappa shape index (κ3) is 3.18. The van der Waals surface area contributed by atoms with Crippen molar-refractivity contribution in [2.75, 3.05) is 17.7 Å². The largest absolute Gasteiger partial charge is 0.373 e. The first-order valence-electron chi connectivity index (χ1n) is 5.62. The lowest BCUT2D eigenvalue weighted by molar-refractivity contribution is 0.102. The summed E-state index contributed by atoms with van der Waals surface area (Å²) in [4.78, 5) is 16.2. The van der Waals surface area contributed by atoms with Gasteiger partial charge in [0.1, 0.15) is 17.3 Å². The number of anilines is 2. The highest BCUT2D eigenvalue weighted by Gasteiger charge is 2.14. The van der Waals surface area contributed by atoms with Crippen LogP contribution in [0.5, 0.6) is 0 Å².